The molecule has 0 radical (unpaired) electrons. The van der Waals surface area contributed by atoms with Crippen molar-refractivity contribution >= 4 is 5.82 Å². The van der Waals surface area contributed by atoms with E-state index >= 15 is 0 Å². The van der Waals surface area contributed by atoms with Crippen LogP contribution in [0.1, 0.15) is 48.2 Å². The second kappa shape index (κ2) is 6.76. The lowest BCUT2D eigenvalue weighted by molar-refractivity contribution is 0.374. The number of benzene rings is 1. The lowest BCUT2D eigenvalue weighted by Crippen LogP contribution is -2.24. The summed E-state index contributed by atoms with van der Waals surface area (Å²) in [5.74, 6) is 3.96. The molecule has 1 aromatic carbocycles. The minimum Gasteiger partial charge on any atom is -0.359 e. The summed E-state index contributed by atoms with van der Waals surface area (Å²) in [6.45, 7) is 0.807. The van der Waals surface area contributed by atoms with Gasteiger partial charge in [-0.1, -0.05) is 35.5 Å². The first-order valence-electron chi connectivity index (χ1n) is 9.77. The first kappa shape index (κ1) is 16.4. The fraction of sp³-hybridized carbons (Fsp3) is 0.429. The SMILES string of the molecule is CN(CCc1noc(C2CC2)n1)c1nc(-c2ccccc2)nc2c1CCC2. The Morgan fingerprint density at radius 1 is 1.07 bits per heavy atom. The molecule has 2 aliphatic rings. The maximum absolute atomic E-state index is 5.37. The minimum atomic E-state index is 0.502. The van der Waals surface area contributed by atoms with Crippen molar-refractivity contribution in [1.82, 2.24) is 20.1 Å². The summed E-state index contributed by atoms with van der Waals surface area (Å²) in [6, 6.07) is 10.2. The van der Waals surface area contributed by atoms with Crippen LogP contribution in [-0.2, 0) is 19.3 Å². The van der Waals surface area contributed by atoms with Crippen molar-refractivity contribution in [3.63, 3.8) is 0 Å². The maximum Gasteiger partial charge on any atom is 0.229 e. The van der Waals surface area contributed by atoms with Gasteiger partial charge in [0.2, 0.25) is 5.89 Å². The predicted molar refractivity (Wildman–Crippen MR) is 103 cm³/mol. The molecule has 6 nitrogen and oxygen atoms in total. The minimum absolute atomic E-state index is 0.502. The Balaban J connectivity index is 1.38. The summed E-state index contributed by atoms with van der Waals surface area (Å²) in [5, 5.41) is 4.14. The molecule has 0 saturated heterocycles. The zero-order chi connectivity index (χ0) is 18.2. The Hall–Kier alpha value is -2.76. The molecule has 2 aliphatic carbocycles. The van der Waals surface area contributed by atoms with Gasteiger partial charge >= 0.3 is 0 Å². The first-order valence-corrected chi connectivity index (χ1v) is 9.77. The van der Waals surface area contributed by atoms with Crippen LogP contribution >= 0.6 is 0 Å². The third kappa shape index (κ3) is 3.31. The molecule has 0 aliphatic heterocycles. The van der Waals surface area contributed by atoms with E-state index in [0.717, 1.165) is 61.1 Å². The van der Waals surface area contributed by atoms with Crippen molar-refractivity contribution in [3.05, 3.63) is 53.3 Å². The van der Waals surface area contributed by atoms with Crippen LogP contribution in [0.4, 0.5) is 5.82 Å². The standard InChI is InChI=1S/C21H23N5O/c1-26(13-12-18-23-21(27-25-18)15-10-11-15)20-16-8-5-9-17(16)22-19(24-20)14-6-3-2-4-7-14/h2-4,6-7,15H,5,8-13H2,1H3. The van der Waals surface area contributed by atoms with Gasteiger partial charge in [0.05, 0.1) is 0 Å². The lowest BCUT2D eigenvalue weighted by atomic mass is 10.1. The van der Waals surface area contributed by atoms with Crippen LogP contribution in [0, 0.1) is 0 Å². The molecule has 5 rings (SSSR count). The average Bonchev–Trinajstić information content (AvgIpc) is 3.26. The fourth-order valence-electron chi connectivity index (χ4n) is 3.68. The average molecular weight is 361 g/mol. The van der Waals surface area contributed by atoms with Crippen molar-refractivity contribution < 1.29 is 4.52 Å². The Kier molecular flexibility index (Phi) is 4.11. The highest BCUT2D eigenvalue weighted by Crippen LogP contribution is 2.38. The highest BCUT2D eigenvalue weighted by atomic mass is 16.5. The molecule has 2 aromatic heterocycles. The number of fused-ring (bicyclic) bond motifs is 1. The molecule has 0 spiro atoms. The van der Waals surface area contributed by atoms with E-state index in [9.17, 15) is 0 Å². The molecule has 0 N–H and O–H groups in total. The van der Waals surface area contributed by atoms with E-state index in [1.807, 2.05) is 18.2 Å². The Morgan fingerprint density at radius 2 is 1.93 bits per heavy atom. The number of aromatic nitrogens is 4. The molecule has 3 aromatic rings. The largest absolute Gasteiger partial charge is 0.359 e. The summed E-state index contributed by atoms with van der Waals surface area (Å²) in [6.07, 6.45) is 6.35. The molecule has 0 atom stereocenters. The molecule has 0 unspecified atom stereocenters. The number of hydrogen-bond acceptors (Lipinski definition) is 6. The van der Waals surface area contributed by atoms with Gasteiger partial charge in [0.15, 0.2) is 11.6 Å². The van der Waals surface area contributed by atoms with Crippen molar-refractivity contribution in [2.24, 2.45) is 0 Å². The van der Waals surface area contributed by atoms with Crippen LogP contribution in [0.15, 0.2) is 34.9 Å². The Morgan fingerprint density at radius 3 is 2.74 bits per heavy atom. The molecule has 1 fully saturated rings. The Bertz CT molecular complexity index is 948. The third-order valence-electron chi connectivity index (χ3n) is 5.39. The van der Waals surface area contributed by atoms with Gasteiger partial charge in [-0.25, -0.2) is 9.97 Å². The van der Waals surface area contributed by atoms with Crippen LogP contribution in [0.2, 0.25) is 0 Å². The normalized spacial score (nSPS) is 15.7. The Labute approximate surface area is 158 Å². The van der Waals surface area contributed by atoms with Gasteiger partial charge in [-0.05, 0) is 32.1 Å². The van der Waals surface area contributed by atoms with Crippen molar-refractivity contribution in [2.45, 2.75) is 44.4 Å². The maximum atomic E-state index is 5.37. The molecule has 0 amide bonds. The van der Waals surface area contributed by atoms with E-state index in [0.29, 0.717) is 5.92 Å². The van der Waals surface area contributed by atoms with Gasteiger partial charge in [0.1, 0.15) is 5.82 Å². The number of nitrogens with zero attached hydrogens (tertiary/aromatic N) is 5. The molecule has 2 heterocycles. The van der Waals surface area contributed by atoms with Crippen LogP contribution in [-0.4, -0.2) is 33.7 Å². The third-order valence-corrected chi connectivity index (χ3v) is 5.39. The zero-order valence-corrected chi connectivity index (χ0v) is 15.6. The fourth-order valence-corrected chi connectivity index (χ4v) is 3.68. The van der Waals surface area contributed by atoms with Gasteiger partial charge in [-0.2, -0.15) is 4.98 Å². The van der Waals surface area contributed by atoms with Gasteiger partial charge in [0.25, 0.3) is 0 Å². The van der Waals surface area contributed by atoms with Crippen LogP contribution in [0.5, 0.6) is 0 Å². The van der Waals surface area contributed by atoms with Crippen molar-refractivity contribution in [1.29, 1.82) is 0 Å². The van der Waals surface area contributed by atoms with Crippen LogP contribution in [0.25, 0.3) is 11.4 Å². The number of rotatable bonds is 6. The highest BCUT2D eigenvalue weighted by molar-refractivity contribution is 5.61. The number of hydrogen-bond donors (Lipinski definition) is 0. The zero-order valence-electron chi connectivity index (χ0n) is 15.6. The van der Waals surface area contributed by atoms with Crippen LogP contribution < -0.4 is 4.90 Å². The van der Waals surface area contributed by atoms with Gasteiger partial charge in [-0.15, -0.1) is 0 Å². The summed E-state index contributed by atoms with van der Waals surface area (Å²) < 4.78 is 5.37. The smallest absolute Gasteiger partial charge is 0.229 e. The topological polar surface area (TPSA) is 67.9 Å². The lowest BCUT2D eigenvalue weighted by Gasteiger charge is -2.21. The van der Waals surface area contributed by atoms with Crippen molar-refractivity contribution in [2.75, 3.05) is 18.5 Å². The summed E-state index contributed by atoms with van der Waals surface area (Å²) >= 11 is 0. The van der Waals surface area contributed by atoms with Gasteiger partial charge in [-0.3, -0.25) is 0 Å². The van der Waals surface area contributed by atoms with Crippen LogP contribution in [0.3, 0.4) is 0 Å². The summed E-state index contributed by atoms with van der Waals surface area (Å²) in [4.78, 5) is 16.5. The van der Waals surface area contributed by atoms with E-state index in [2.05, 4.69) is 34.2 Å². The van der Waals surface area contributed by atoms with Crippen molar-refractivity contribution in [3.8, 4) is 11.4 Å². The van der Waals surface area contributed by atoms with E-state index in [1.54, 1.807) is 0 Å². The number of likely N-dealkylation sites (N-methyl/N-ethyl adjacent to an activating group) is 1. The van der Waals surface area contributed by atoms with Gasteiger partial charge < -0.3 is 9.42 Å². The highest BCUT2D eigenvalue weighted by Gasteiger charge is 2.29. The predicted octanol–water partition coefficient (Wildman–Crippen LogP) is 3.57. The quantitative estimate of drug-likeness (QED) is 0.669. The molecule has 27 heavy (non-hydrogen) atoms. The van der Waals surface area contributed by atoms with Gasteiger partial charge in [0, 0.05) is 42.8 Å². The molecule has 6 heteroatoms. The molecule has 138 valence electrons. The molecular weight excluding hydrogens is 338 g/mol. The van der Waals surface area contributed by atoms with E-state index in [4.69, 9.17) is 14.5 Å². The number of anilines is 1. The van der Waals surface area contributed by atoms with E-state index in [-0.39, 0.29) is 0 Å². The summed E-state index contributed by atoms with van der Waals surface area (Å²) in [5.41, 5.74) is 3.55. The monoisotopic (exact) mass is 361 g/mol. The first-order chi connectivity index (χ1) is 13.3. The molecule has 0 bridgehead atoms. The number of aryl methyl sites for hydroxylation is 1. The second-order valence-corrected chi connectivity index (χ2v) is 7.51. The molecule has 1 saturated carbocycles. The second-order valence-electron chi connectivity index (χ2n) is 7.51. The van der Waals surface area contributed by atoms with E-state index in [1.165, 1.54) is 24.1 Å². The summed E-state index contributed by atoms with van der Waals surface area (Å²) in [7, 11) is 2.09. The molecular formula is C21H23N5O. The van der Waals surface area contributed by atoms with E-state index < -0.39 is 0 Å².